The fourth-order valence-corrected chi connectivity index (χ4v) is 2.77. The van der Waals surface area contributed by atoms with E-state index in [2.05, 4.69) is 15.9 Å². The fraction of sp³-hybridized carbons (Fsp3) is 0.133. The molecule has 1 aliphatic heterocycles. The highest BCUT2D eigenvalue weighted by Crippen LogP contribution is 2.28. The third-order valence-corrected chi connectivity index (χ3v) is 4.29. The molecule has 0 saturated carbocycles. The minimum Gasteiger partial charge on any atom is -0.399 e. The maximum Gasteiger partial charge on any atom is 0.254 e. The van der Waals surface area contributed by atoms with Crippen molar-refractivity contribution < 1.29 is 9.18 Å². The van der Waals surface area contributed by atoms with Crippen LogP contribution in [0.25, 0.3) is 0 Å². The number of amides is 1. The molecule has 0 bridgehead atoms. The van der Waals surface area contributed by atoms with Gasteiger partial charge in [-0.1, -0.05) is 18.2 Å². The number of hydrogen-bond acceptors (Lipinski definition) is 2. The van der Waals surface area contributed by atoms with E-state index >= 15 is 0 Å². The van der Waals surface area contributed by atoms with Crippen molar-refractivity contribution in [2.45, 2.75) is 13.1 Å². The molecule has 102 valence electrons. The van der Waals surface area contributed by atoms with Crippen LogP contribution < -0.4 is 5.73 Å². The Bertz CT molecular complexity index is 702. The second kappa shape index (κ2) is 4.90. The van der Waals surface area contributed by atoms with Gasteiger partial charge < -0.3 is 10.6 Å². The maximum atomic E-state index is 13.5. The minimum atomic E-state index is -0.323. The molecule has 0 spiro atoms. The van der Waals surface area contributed by atoms with Gasteiger partial charge in [0.05, 0.1) is 4.47 Å². The van der Waals surface area contributed by atoms with E-state index in [9.17, 15) is 9.18 Å². The summed E-state index contributed by atoms with van der Waals surface area (Å²) in [6.07, 6.45) is 0. The van der Waals surface area contributed by atoms with Gasteiger partial charge in [0.2, 0.25) is 0 Å². The molecule has 3 nitrogen and oxygen atoms in total. The molecule has 20 heavy (non-hydrogen) atoms. The lowest BCUT2D eigenvalue weighted by Gasteiger charge is -2.16. The summed E-state index contributed by atoms with van der Waals surface area (Å²) in [7, 11) is 0. The van der Waals surface area contributed by atoms with Gasteiger partial charge in [0, 0.05) is 24.3 Å². The van der Waals surface area contributed by atoms with E-state index in [0.29, 0.717) is 28.8 Å². The number of fused-ring (bicyclic) bond motifs is 1. The standard InChI is InChI=1S/C15H12BrFN2O/c16-14-10(2-1-3-13(14)17)8-19-7-9-4-5-11(18)6-12(9)15(19)20/h1-6H,7-8,18H2. The number of nitrogens with zero attached hydrogens (tertiary/aromatic N) is 1. The zero-order chi connectivity index (χ0) is 14.3. The van der Waals surface area contributed by atoms with Crippen LogP contribution in [-0.2, 0) is 13.1 Å². The first-order valence-corrected chi connectivity index (χ1v) is 6.96. The molecule has 1 heterocycles. The summed E-state index contributed by atoms with van der Waals surface area (Å²) in [5, 5.41) is 0. The zero-order valence-electron chi connectivity index (χ0n) is 10.6. The van der Waals surface area contributed by atoms with E-state index < -0.39 is 0 Å². The van der Waals surface area contributed by atoms with Gasteiger partial charge in [-0.3, -0.25) is 4.79 Å². The first-order chi connectivity index (χ1) is 9.56. The van der Waals surface area contributed by atoms with Gasteiger partial charge in [0.25, 0.3) is 5.91 Å². The third-order valence-electron chi connectivity index (χ3n) is 3.41. The average Bonchev–Trinajstić information content (AvgIpc) is 2.72. The van der Waals surface area contributed by atoms with Crippen molar-refractivity contribution in [3.05, 3.63) is 63.4 Å². The number of hydrogen-bond donors (Lipinski definition) is 1. The largest absolute Gasteiger partial charge is 0.399 e. The summed E-state index contributed by atoms with van der Waals surface area (Å²) in [5.41, 5.74) is 8.62. The van der Waals surface area contributed by atoms with Gasteiger partial charge in [-0.15, -0.1) is 0 Å². The molecule has 3 rings (SSSR count). The lowest BCUT2D eigenvalue weighted by atomic mass is 10.1. The summed E-state index contributed by atoms with van der Waals surface area (Å²) in [6, 6.07) is 10.2. The molecule has 0 fully saturated rings. The van der Waals surface area contributed by atoms with Crippen LogP contribution in [0.1, 0.15) is 21.5 Å². The molecular weight excluding hydrogens is 323 g/mol. The molecule has 1 amide bonds. The van der Waals surface area contributed by atoms with Gasteiger partial charge in [0.1, 0.15) is 5.82 Å². The Morgan fingerprint density at radius 3 is 2.90 bits per heavy atom. The van der Waals surface area contributed by atoms with E-state index in [4.69, 9.17) is 5.73 Å². The number of nitrogen functional groups attached to an aromatic ring is 1. The van der Waals surface area contributed by atoms with Crippen LogP contribution in [0.2, 0.25) is 0 Å². The summed E-state index contributed by atoms with van der Waals surface area (Å²) >= 11 is 3.22. The molecule has 0 saturated heterocycles. The van der Waals surface area contributed by atoms with Crippen molar-refractivity contribution in [3.63, 3.8) is 0 Å². The number of carbonyl (C=O) groups excluding carboxylic acids is 1. The molecule has 0 atom stereocenters. The molecule has 0 aliphatic carbocycles. The second-order valence-corrected chi connectivity index (χ2v) is 5.58. The van der Waals surface area contributed by atoms with Gasteiger partial charge in [0.15, 0.2) is 0 Å². The Hall–Kier alpha value is -1.88. The zero-order valence-corrected chi connectivity index (χ0v) is 12.2. The van der Waals surface area contributed by atoms with Gasteiger partial charge in [-0.05, 0) is 45.3 Å². The predicted octanol–water partition coefficient (Wildman–Crippen LogP) is 3.33. The van der Waals surface area contributed by atoms with Gasteiger partial charge in [-0.25, -0.2) is 4.39 Å². The number of halogens is 2. The monoisotopic (exact) mass is 334 g/mol. The predicted molar refractivity (Wildman–Crippen MR) is 78.5 cm³/mol. The highest BCUT2D eigenvalue weighted by molar-refractivity contribution is 9.10. The number of carbonyl (C=O) groups is 1. The third kappa shape index (κ3) is 2.18. The van der Waals surface area contributed by atoms with Crippen molar-refractivity contribution >= 4 is 27.5 Å². The van der Waals surface area contributed by atoms with Crippen LogP contribution in [0.3, 0.4) is 0 Å². The van der Waals surface area contributed by atoms with Gasteiger partial charge >= 0.3 is 0 Å². The number of benzene rings is 2. The van der Waals surface area contributed by atoms with Crippen LogP contribution in [0.4, 0.5) is 10.1 Å². The summed E-state index contributed by atoms with van der Waals surface area (Å²) in [6.45, 7) is 0.892. The molecule has 0 radical (unpaired) electrons. The van der Waals surface area contributed by atoms with Crippen LogP contribution in [-0.4, -0.2) is 10.8 Å². The second-order valence-electron chi connectivity index (χ2n) is 4.79. The Balaban J connectivity index is 1.88. The lowest BCUT2D eigenvalue weighted by molar-refractivity contribution is 0.0766. The molecule has 2 aromatic carbocycles. The number of anilines is 1. The van der Waals surface area contributed by atoms with Crippen molar-refractivity contribution in [2.75, 3.05) is 5.73 Å². The van der Waals surface area contributed by atoms with E-state index in [0.717, 1.165) is 11.1 Å². The van der Waals surface area contributed by atoms with Gasteiger partial charge in [-0.2, -0.15) is 0 Å². The van der Waals surface area contributed by atoms with Crippen molar-refractivity contribution in [2.24, 2.45) is 0 Å². The average molecular weight is 335 g/mol. The van der Waals surface area contributed by atoms with Crippen molar-refractivity contribution in [1.82, 2.24) is 4.90 Å². The fourth-order valence-electron chi connectivity index (χ4n) is 2.38. The minimum absolute atomic E-state index is 0.0662. The molecule has 2 N–H and O–H groups in total. The normalized spacial score (nSPS) is 13.7. The maximum absolute atomic E-state index is 13.5. The Labute approximate surface area is 124 Å². The summed E-state index contributed by atoms with van der Waals surface area (Å²) in [4.78, 5) is 14.0. The Morgan fingerprint density at radius 1 is 1.30 bits per heavy atom. The van der Waals surface area contributed by atoms with E-state index in [1.54, 1.807) is 29.2 Å². The molecule has 2 aromatic rings. The van der Waals surface area contributed by atoms with E-state index in [1.807, 2.05) is 6.07 Å². The molecular formula is C15H12BrFN2O. The smallest absolute Gasteiger partial charge is 0.254 e. The SMILES string of the molecule is Nc1ccc2c(c1)C(=O)N(Cc1cccc(F)c1Br)C2. The van der Waals surface area contributed by atoms with Crippen LogP contribution >= 0.6 is 15.9 Å². The highest BCUT2D eigenvalue weighted by atomic mass is 79.9. The van der Waals surface area contributed by atoms with E-state index in [-0.39, 0.29) is 11.7 Å². The Morgan fingerprint density at radius 2 is 2.10 bits per heavy atom. The van der Waals surface area contributed by atoms with Crippen LogP contribution in [0.15, 0.2) is 40.9 Å². The van der Waals surface area contributed by atoms with Crippen LogP contribution in [0, 0.1) is 5.82 Å². The highest BCUT2D eigenvalue weighted by Gasteiger charge is 2.27. The molecule has 0 unspecified atom stereocenters. The lowest BCUT2D eigenvalue weighted by Crippen LogP contribution is -2.23. The molecule has 1 aliphatic rings. The quantitative estimate of drug-likeness (QED) is 0.856. The van der Waals surface area contributed by atoms with Crippen molar-refractivity contribution in [1.29, 1.82) is 0 Å². The summed E-state index contributed by atoms with van der Waals surface area (Å²) in [5.74, 6) is -0.389. The number of rotatable bonds is 2. The first kappa shape index (κ1) is 13.1. The topological polar surface area (TPSA) is 46.3 Å². The molecule has 5 heteroatoms. The Kier molecular flexibility index (Phi) is 3.22. The van der Waals surface area contributed by atoms with Crippen LogP contribution in [0.5, 0.6) is 0 Å². The summed E-state index contributed by atoms with van der Waals surface area (Å²) < 4.78 is 13.9. The van der Waals surface area contributed by atoms with E-state index in [1.165, 1.54) is 6.07 Å². The first-order valence-electron chi connectivity index (χ1n) is 6.17. The van der Waals surface area contributed by atoms with Crippen molar-refractivity contribution in [3.8, 4) is 0 Å². The molecule has 0 aromatic heterocycles. The number of nitrogens with two attached hydrogens (primary N) is 1.